The van der Waals surface area contributed by atoms with E-state index in [-0.39, 0.29) is 6.42 Å². The number of hydrogen-bond acceptors (Lipinski definition) is 10. The molecule has 0 radical (unpaired) electrons. The molecule has 0 spiro atoms. The Balaban J connectivity index is 2.37. The van der Waals surface area contributed by atoms with E-state index in [2.05, 4.69) is 31.3 Å². The maximum atomic E-state index is 13.0. The van der Waals surface area contributed by atoms with E-state index in [9.17, 15) is 40.5 Å². The van der Waals surface area contributed by atoms with E-state index in [1.165, 1.54) is 122 Å². The van der Waals surface area contributed by atoms with Crippen molar-refractivity contribution in [3.63, 3.8) is 0 Å². The van der Waals surface area contributed by atoms with Crippen molar-refractivity contribution < 1.29 is 50.0 Å². The van der Waals surface area contributed by atoms with Gasteiger partial charge in [-0.3, -0.25) is 4.79 Å². The highest BCUT2D eigenvalue weighted by Gasteiger charge is 2.44. The number of aliphatic hydroxyl groups excluding tert-OH is 7. The van der Waals surface area contributed by atoms with E-state index in [0.717, 1.165) is 44.9 Å². The van der Waals surface area contributed by atoms with Crippen molar-refractivity contribution in [2.45, 2.75) is 262 Å². The van der Waals surface area contributed by atoms with Gasteiger partial charge in [-0.25, -0.2) is 0 Å². The summed E-state index contributed by atoms with van der Waals surface area (Å²) in [5, 5.41) is 75.5. The average Bonchev–Trinajstić information content (AvgIpc) is 3.21. The molecule has 0 aromatic heterocycles. The molecule has 1 fully saturated rings. The number of allylic oxidation sites excluding steroid dienone is 2. The third-order valence-electron chi connectivity index (χ3n) is 11.6. The summed E-state index contributed by atoms with van der Waals surface area (Å²) in [6.45, 7) is 3.38. The molecule has 8 N–H and O–H groups in total. The van der Waals surface area contributed by atoms with Crippen molar-refractivity contribution in [1.82, 2.24) is 5.32 Å². The fourth-order valence-electron chi connectivity index (χ4n) is 7.60. The van der Waals surface area contributed by atoms with Gasteiger partial charge < -0.3 is 50.5 Å². The molecule has 0 aromatic carbocycles. The summed E-state index contributed by atoms with van der Waals surface area (Å²) >= 11 is 0. The highest BCUT2D eigenvalue weighted by atomic mass is 16.7. The Morgan fingerprint density at radius 1 is 0.596 bits per heavy atom. The number of carbonyl (C=O) groups is 1. The number of amides is 1. The van der Waals surface area contributed by atoms with Gasteiger partial charge in [0.15, 0.2) is 6.29 Å². The van der Waals surface area contributed by atoms with Gasteiger partial charge in [0.05, 0.1) is 25.4 Å². The highest BCUT2D eigenvalue weighted by molar-refractivity contribution is 5.80. The van der Waals surface area contributed by atoms with Crippen LogP contribution >= 0.6 is 0 Å². The topological polar surface area (TPSA) is 189 Å². The Labute approximate surface area is 347 Å². The number of nitrogens with one attached hydrogen (secondary N) is 1. The van der Waals surface area contributed by atoms with Crippen molar-refractivity contribution >= 4 is 5.91 Å². The predicted molar refractivity (Wildman–Crippen MR) is 229 cm³/mol. The maximum Gasteiger partial charge on any atom is 0.249 e. The Bertz CT molecular complexity index is 939. The Hall–Kier alpha value is -1.15. The highest BCUT2D eigenvalue weighted by Crippen LogP contribution is 2.23. The molecule has 338 valence electrons. The van der Waals surface area contributed by atoms with Gasteiger partial charge in [0, 0.05) is 0 Å². The summed E-state index contributed by atoms with van der Waals surface area (Å²) < 4.78 is 11.1. The zero-order valence-corrected chi connectivity index (χ0v) is 36.3. The largest absolute Gasteiger partial charge is 0.394 e. The summed E-state index contributed by atoms with van der Waals surface area (Å²) in [4.78, 5) is 13.0. The second-order valence-electron chi connectivity index (χ2n) is 16.8. The van der Waals surface area contributed by atoms with Gasteiger partial charge in [0.2, 0.25) is 5.91 Å². The van der Waals surface area contributed by atoms with Gasteiger partial charge in [-0.05, 0) is 32.1 Å². The molecule has 1 heterocycles. The van der Waals surface area contributed by atoms with E-state index in [1.54, 1.807) is 0 Å². The van der Waals surface area contributed by atoms with Crippen molar-refractivity contribution in [1.29, 1.82) is 0 Å². The maximum absolute atomic E-state index is 13.0. The standard InChI is InChI=1S/C46H89NO10/c1-3-5-7-9-11-13-14-15-16-17-18-19-20-21-22-23-24-26-27-29-31-33-38(49)41(51)37(36-56-46-44(54)43(53)42(52)40(35-48)57-46)47-45(55)39(50)34-32-30-28-25-12-10-8-6-4-2/h10,12,37-44,46,48-54H,3-9,11,13-36H2,1-2H3,(H,47,55)/b12-10-. The van der Waals surface area contributed by atoms with Crippen LogP contribution in [-0.4, -0.2) is 110 Å². The first-order valence-corrected chi connectivity index (χ1v) is 23.6. The van der Waals surface area contributed by atoms with Crippen LogP contribution in [0.4, 0.5) is 0 Å². The minimum atomic E-state index is -1.66. The minimum Gasteiger partial charge on any atom is -0.394 e. The fourth-order valence-corrected chi connectivity index (χ4v) is 7.60. The molecule has 9 unspecified atom stereocenters. The molecule has 11 heteroatoms. The molecule has 11 nitrogen and oxygen atoms in total. The van der Waals surface area contributed by atoms with Gasteiger partial charge in [-0.2, -0.15) is 0 Å². The molecule has 1 amide bonds. The molecule has 1 aliphatic heterocycles. The molecule has 0 aliphatic carbocycles. The van der Waals surface area contributed by atoms with Gasteiger partial charge in [-0.15, -0.1) is 0 Å². The molecular formula is C46H89NO10. The zero-order valence-electron chi connectivity index (χ0n) is 36.3. The zero-order chi connectivity index (χ0) is 41.9. The lowest BCUT2D eigenvalue weighted by Crippen LogP contribution is -2.60. The van der Waals surface area contributed by atoms with Crippen molar-refractivity contribution in [2.75, 3.05) is 13.2 Å². The van der Waals surface area contributed by atoms with Crippen molar-refractivity contribution in [3.05, 3.63) is 12.2 Å². The second-order valence-corrected chi connectivity index (χ2v) is 16.8. The van der Waals surface area contributed by atoms with Crippen LogP contribution < -0.4 is 5.32 Å². The van der Waals surface area contributed by atoms with Gasteiger partial charge in [0.1, 0.15) is 36.6 Å². The van der Waals surface area contributed by atoms with Gasteiger partial charge in [-0.1, -0.05) is 187 Å². The molecule has 1 saturated heterocycles. The summed E-state index contributed by atoms with van der Waals surface area (Å²) in [6, 6.07) is -1.17. The lowest BCUT2D eigenvalue weighted by atomic mass is 9.98. The van der Waals surface area contributed by atoms with Crippen LogP contribution in [0.15, 0.2) is 12.2 Å². The predicted octanol–water partition coefficient (Wildman–Crippen LogP) is 7.67. The lowest BCUT2D eigenvalue weighted by Gasteiger charge is -2.40. The average molecular weight is 816 g/mol. The molecule has 1 aliphatic rings. The molecule has 9 atom stereocenters. The molecule has 57 heavy (non-hydrogen) atoms. The van der Waals surface area contributed by atoms with Crippen LogP contribution in [0.1, 0.15) is 206 Å². The van der Waals surface area contributed by atoms with Crippen LogP contribution in [0.3, 0.4) is 0 Å². The Morgan fingerprint density at radius 3 is 1.53 bits per heavy atom. The molecule has 0 bridgehead atoms. The first-order valence-electron chi connectivity index (χ1n) is 23.6. The number of carbonyl (C=O) groups excluding carboxylic acids is 1. The molecular weight excluding hydrogens is 727 g/mol. The SMILES string of the molecule is CCCC/C=C\CCCCCC(O)C(=O)NC(COC1OC(CO)C(O)C(O)C1O)C(O)C(O)CCCCCCCCCCCCCCCCCCCCCCC. The first-order chi connectivity index (χ1) is 27.7. The fraction of sp³-hybridized carbons (Fsp3) is 0.935. The Kier molecular flexibility index (Phi) is 34.7. The van der Waals surface area contributed by atoms with E-state index in [4.69, 9.17) is 9.47 Å². The number of ether oxygens (including phenoxy) is 2. The van der Waals surface area contributed by atoms with E-state index < -0.39 is 74.2 Å². The monoisotopic (exact) mass is 816 g/mol. The van der Waals surface area contributed by atoms with Crippen LogP contribution in [-0.2, 0) is 14.3 Å². The van der Waals surface area contributed by atoms with Crippen LogP contribution in [0.2, 0.25) is 0 Å². The Morgan fingerprint density at radius 2 is 1.04 bits per heavy atom. The smallest absolute Gasteiger partial charge is 0.249 e. The van der Waals surface area contributed by atoms with Crippen LogP contribution in [0, 0.1) is 0 Å². The first kappa shape index (κ1) is 53.9. The molecule has 0 saturated carbocycles. The molecule has 1 rings (SSSR count). The van der Waals surface area contributed by atoms with Crippen molar-refractivity contribution in [2.24, 2.45) is 0 Å². The van der Waals surface area contributed by atoms with Crippen molar-refractivity contribution in [3.8, 4) is 0 Å². The van der Waals surface area contributed by atoms with Crippen LogP contribution in [0.25, 0.3) is 0 Å². The normalized spacial score (nSPS) is 22.2. The summed E-state index contributed by atoms with van der Waals surface area (Å²) in [5.41, 5.74) is 0. The number of rotatable bonds is 39. The second kappa shape index (κ2) is 36.7. The van der Waals surface area contributed by atoms with E-state index >= 15 is 0 Å². The number of aliphatic hydroxyl groups is 7. The third-order valence-corrected chi connectivity index (χ3v) is 11.6. The minimum absolute atomic E-state index is 0.240. The van der Waals surface area contributed by atoms with Crippen LogP contribution in [0.5, 0.6) is 0 Å². The third kappa shape index (κ3) is 26.6. The molecule has 0 aromatic rings. The van der Waals surface area contributed by atoms with E-state index in [0.29, 0.717) is 19.3 Å². The quantitative estimate of drug-likeness (QED) is 0.0226. The lowest BCUT2D eigenvalue weighted by molar-refractivity contribution is -0.303. The van der Waals surface area contributed by atoms with Gasteiger partial charge >= 0.3 is 0 Å². The van der Waals surface area contributed by atoms with Gasteiger partial charge in [0.25, 0.3) is 0 Å². The number of unbranched alkanes of at least 4 members (excludes halogenated alkanes) is 25. The van der Waals surface area contributed by atoms with E-state index in [1.807, 2.05) is 0 Å². The summed E-state index contributed by atoms with van der Waals surface area (Å²) in [6.07, 6.45) is 27.1. The number of hydrogen-bond donors (Lipinski definition) is 8. The summed E-state index contributed by atoms with van der Waals surface area (Å²) in [7, 11) is 0. The summed E-state index contributed by atoms with van der Waals surface area (Å²) in [5.74, 6) is -0.711.